The smallest absolute Gasteiger partial charge is 0.335 e. The van der Waals surface area contributed by atoms with E-state index in [-0.39, 0.29) is 11.6 Å². The summed E-state index contributed by atoms with van der Waals surface area (Å²) < 4.78 is 0.567. The molecule has 108 valence electrons. The van der Waals surface area contributed by atoms with Crippen LogP contribution in [0, 0.1) is 5.92 Å². The molecule has 1 unspecified atom stereocenters. The fourth-order valence-corrected chi connectivity index (χ4v) is 2.77. The molecule has 1 aliphatic heterocycles. The Bertz CT molecular complexity index is 533. The van der Waals surface area contributed by atoms with E-state index in [4.69, 9.17) is 5.11 Å². The molecule has 0 aromatic heterocycles. The van der Waals surface area contributed by atoms with Crippen LogP contribution in [0.3, 0.4) is 0 Å². The van der Waals surface area contributed by atoms with Gasteiger partial charge in [0.1, 0.15) is 0 Å². The number of urea groups is 1. The van der Waals surface area contributed by atoms with Gasteiger partial charge in [0.25, 0.3) is 0 Å². The zero-order valence-corrected chi connectivity index (χ0v) is 12.8. The molecule has 1 saturated heterocycles. The molecule has 1 heterocycles. The van der Waals surface area contributed by atoms with Gasteiger partial charge in [0.2, 0.25) is 0 Å². The second kappa shape index (κ2) is 6.26. The highest BCUT2D eigenvalue weighted by atomic mass is 79.9. The monoisotopic (exact) mass is 340 g/mol. The standard InChI is InChI=1S/C14H17BrN2O3/c1-2-9-5-6-17(8-9)14(20)16-12-4-3-10(13(18)19)7-11(12)15/h3-4,7,9H,2,5-6,8H2,1H3,(H,16,20)(H,18,19). The number of carboxylic acids is 1. The summed E-state index contributed by atoms with van der Waals surface area (Å²) in [6.45, 7) is 3.69. The van der Waals surface area contributed by atoms with Gasteiger partial charge in [-0.05, 0) is 46.5 Å². The molecule has 2 rings (SSSR count). The number of benzene rings is 1. The Morgan fingerprint density at radius 1 is 1.50 bits per heavy atom. The van der Waals surface area contributed by atoms with Crippen molar-refractivity contribution in [3.05, 3.63) is 28.2 Å². The minimum Gasteiger partial charge on any atom is -0.478 e. The molecule has 0 saturated carbocycles. The molecule has 2 N–H and O–H groups in total. The molecule has 0 spiro atoms. The maximum absolute atomic E-state index is 12.1. The lowest BCUT2D eigenvalue weighted by Crippen LogP contribution is -2.33. The summed E-state index contributed by atoms with van der Waals surface area (Å²) in [5.41, 5.74) is 0.766. The van der Waals surface area contributed by atoms with E-state index in [1.807, 2.05) is 0 Å². The lowest BCUT2D eigenvalue weighted by molar-refractivity contribution is 0.0697. The Morgan fingerprint density at radius 2 is 2.25 bits per heavy atom. The van der Waals surface area contributed by atoms with Crippen LogP contribution in [0.2, 0.25) is 0 Å². The zero-order valence-electron chi connectivity index (χ0n) is 11.2. The maximum Gasteiger partial charge on any atom is 0.335 e. The molecular weight excluding hydrogens is 324 g/mol. The average Bonchev–Trinajstić information content (AvgIpc) is 2.89. The molecule has 5 nitrogen and oxygen atoms in total. The van der Waals surface area contributed by atoms with E-state index in [0.29, 0.717) is 16.1 Å². The molecule has 1 atom stereocenters. The first-order valence-corrected chi connectivity index (χ1v) is 7.39. The number of carbonyl (C=O) groups is 2. The van der Waals surface area contributed by atoms with Gasteiger partial charge in [-0.3, -0.25) is 0 Å². The van der Waals surface area contributed by atoms with Crippen LogP contribution in [0.25, 0.3) is 0 Å². The third-order valence-electron chi connectivity index (χ3n) is 3.61. The number of halogens is 1. The third kappa shape index (κ3) is 3.30. The van der Waals surface area contributed by atoms with E-state index in [2.05, 4.69) is 28.2 Å². The molecule has 0 bridgehead atoms. The number of nitrogens with one attached hydrogen (secondary N) is 1. The predicted octanol–water partition coefficient (Wildman–Crippen LogP) is 3.41. The minimum atomic E-state index is -0.992. The number of nitrogens with zero attached hydrogens (tertiary/aromatic N) is 1. The van der Waals surface area contributed by atoms with Gasteiger partial charge in [-0.2, -0.15) is 0 Å². The molecule has 1 aliphatic rings. The number of likely N-dealkylation sites (tertiary alicyclic amines) is 1. The fraction of sp³-hybridized carbons (Fsp3) is 0.429. The highest BCUT2D eigenvalue weighted by Crippen LogP contribution is 2.25. The average molecular weight is 341 g/mol. The lowest BCUT2D eigenvalue weighted by atomic mass is 10.1. The van der Waals surface area contributed by atoms with E-state index >= 15 is 0 Å². The van der Waals surface area contributed by atoms with E-state index in [1.54, 1.807) is 11.0 Å². The van der Waals surface area contributed by atoms with Gasteiger partial charge in [0, 0.05) is 17.6 Å². The van der Waals surface area contributed by atoms with Gasteiger partial charge in [-0.15, -0.1) is 0 Å². The first-order chi connectivity index (χ1) is 9.51. The largest absolute Gasteiger partial charge is 0.478 e. The van der Waals surface area contributed by atoms with Crippen LogP contribution in [0.1, 0.15) is 30.1 Å². The second-order valence-electron chi connectivity index (χ2n) is 4.94. The first-order valence-electron chi connectivity index (χ1n) is 6.60. The lowest BCUT2D eigenvalue weighted by Gasteiger charge is -2.18. The van der Waals surface area contributed by atoms with Crippen molar-refractivity contribution in [1.29, 1.82) is 0 Å². The minimum absolute atomic E-state index is 0.135. The Hall–Kier alpha value is -1.56. The SMILES string of the molecule is CCC1CCN(C(=O)Nc2ccc(C(=O)O)cc2Br)C1. The molecule has 1 fully saturated rings. The third-order valence-corrected chi connectivity index (χ3v) is 4.26. The second-order valence-corrected chi connectivity index (χ2v) is 5.79. The topological polar surface area (TPSA) is 69.6 Å². The van der Waals surface area contributed by atoms with Crippen LogP contribution in [0.5, 0.6) is 0 Å². The molecule has 1 aromatic rings. The van der Waals surface area contributed by atoms with Gasteiger partial charge in [-0.1, -0.05) is 13.3 Å². The first kappa shape index (κ1) is 14.8. The summed E-state index contributed by atoms with van der Waals surface area (Å²) in [5, 5.41) is 11.7. The zero-order chi connectivity index (χ0) is 14.7. The van der Waals surface area contributed by atoms with Gasteiger partial charge >= 0.3 is 12.0 Å². The molecule has 0 aliphatic carbocycles. The molecule has 6 heteroatoms. The fourth-order valence-electron chi connectivity index (χ4n) is 2.29. The van der Waals surface area contributed by atoms with E-state index in [0.717, 1.165) is 25.9 Å². The number of carboxylic acid groups (broad SMARTS) is 1. The molecule has 20 heavy (non-hydrogen) atoms. The van der Waals surface area contributed by atoms with Crippen LogP contribution in [-0.4, -0.2) is 35.1 Å². The van der Waals surface area contributed by atoms with Crippen molar-refractivity contribution in [1.82, 2.24) is 4.90 Å². The number of anilines is 1. The highest BCUT2D eigenvalue weighted by Gasteiger charge is 2.25. The van der Waals surface area contributed by atoms with Crippen molar-refractivity contribution >= 4 is 33.6 Å². The molecule has 2 amide bonds. The summed E-state index contributed by atoms with van der Waals surface area (Å²) in [6.07, 6.45) is 2.13. The van der Waals surface area contributed by atoms with Crippen LogP contribution in [0.4, 0.5) is 10.5 Å². The van der Waals surface area contributed by atoms with Crippen LogP contribution >= 0.6 is 15.9 Å². The Kier molecular flexibility index (Phi) is 4.65. The number of aromatic carboxylic acids is 1. The summed E-state index contributed by atoms with van der Waals surface area (Å²) in [6, 6.07) is 4.42. The maximum atomic E-state index is 12.1. The van der Waals surface area contributed by atoms with Gasteiger partial charge in [0.15, 0.2) is 0 Å². The summed E-state index contributed by atoms with van der Waals surface area (Å²) in [5.74, 6) is -0.410. The summed E-state index contributed by atoms with van der Waals surface area (Å²) in [7, 11) is 0. The van der Waals surface area contributed by atoms with Crippen molar-refractivity contribution in [2.45, 2.75) is 19.8 Å². The van der Waals surface area contributed by atoms with Crippen molar-refractivity contribution in [2.24, 2.45) is 5.92 Å². The highest BCUT2D eigenvalue weighted by molar-refractivity contribution is 9.10. The van der Waals surface area contributed by atoms with Gasteiger partial charge < -0.3 is 15.3 Å². The number of carbonyl (C=O) groups excluding carboxylic acids is 1. The van der Waals surface area contributed by atoms with Crippen LogP contribution in [-0.2, 0) is 0 Å². The van der Waals surface area contributed by atoms with Crippen molar-refractivity contribution in [2.75, 3.05) is 18.4 Å². The number of rotatable bonds is 3. The van der Waals surface area contributed by atoms with Gasteiger partial charge in [-0.25, -0.2) is 9.59 Å². The van der Waals surface area contributed by atoms with Crippen molar-refractivity contribution in [3.8, 4) is 0 Å². The summed E-state index contributed by atoms with van der Waals surface area (Å²) in [4.78, 5) is 24.8. The van der Waals surface area contributed by atoms with E-state index < -0.39 is 5.97 Å². The number of hydrogen-bond acceptors (Lipinski definition) is 2. The molecule has 1 aromatic carbocycles. The Morgan fingerprint density at radius 3 is 2.80 bits per heavy atom. The predicted molar refractivity (Wildman–Crippen MR) is 80.1 cm³/mol. The van der Waals surface area contributed by atoms with Crippen molar-refractivity contribution < 1.29 is 14.7 Å². The van der Waals surface area contributed by atoms with Gasteiger partial charge in [0.05, 0.1) is 11.3 Å². The number of hydrogen-bond donors (Lipinski definition) is 2. The quantitative estimate of drug-likeness (QED) is 0.885. The normalized spacial score (nSPS) is 18.1. The Balaban J connectivity index is 2.03. The summed E-state index contributed by atoms with van der Waals surface area (Å²) >= 11 is 3.28. The Labute approximate surface area is 126 Å². The molecular formula is C14H17BrN2O3. The van der Waals surface area contributed by atoms with E-state index in [1.165, 1.54) is 12.1 Å². The van der Waals surface area contributed by atoms with Crippen molar-refractivity contribution in [3.63, 3.8) is 0 Å². The molecule has 0 radical (unpaired) electrons. The van der Waals surface area contributed by atoms with Crippen LogP contribution in [0.15, 0.2) is 22.7 Å². The van der Waals surface area contributed by atoms with E-state index in [9.17, 15) is 9.59 Å². The van der Waals surface area contributed by atoms with Crippen LogP contribution < -0.4 is 5.32 Å². The number of amides is 2.